The summed E-state index contributed by atoms with van der Waals surface area (Å²) in [6, 6.07) is 6.09. The van der Waals surface area contributed by atoms with Gasteiger partial charge in [0.05, 0.1) is 6.10 Å². The Labute approximate surface area is 103 Å². The minimum absolute atomic E-state index is 0.212. The van der Waals surface area contributed by atoms with E-state index in [-0.39, 0.29) is 12.1 Å². The lowest BCUT2D eigenvalue weighted by atomic mass is 10.1. The third-order valence-electron chi connectivity index (χ3n) is 2.39. The van der Waals surface area contributed by atoms with Crippen LogP contribution in [0.3, 0.4) is 0 Å². The third-order valence-corrected chi connectivity index (χ3v) is 2.39. The van der Waals surface area contributed by atoms with Crippen LogP contribution in [-0.2, 0) is 0 Å². The molecule has 1 rings (SSSR count). The molecule has 17 heavy (non-hydrogen) atoms. The van der Waals surface area contributed by atoms with E-state index in [4.69, 9.17) is 0 Å². The molecule has 0 amide bonds. The average Bonchev–Trinajstić information content (AvgIpc) is 2.25. The molecular weight excluding hydrogens is 214 g/mol. The van der Waals surface area contributed by atoms with Crippen molar-refractivity contribution in [2.75, 3.05) is 17.2 Å². The summed E-state index contributed by atoms with van der Waals surface area (Å²) in [5, 5.41) is 15.8. The van der Waals surface area contributed by atoms with Crippen molar-refractivity contribution < 1.29 is 5.11 Å². The van der Waals surface area contributed by atoms with Crippen molar-refractivity contribution in [3.05, 3.63) is 18.2 Å². The summed E-state index contributed by atoms with van der Waals surface area (Å²) in [5.74, 6) is 1.74. The molecule has 0 bridgehead atoms. The number of aliphatic hydroxyl groups is 1. The van der Waals surface area contributed by atoms with Crippen LogP contribution >= 0.6 is 0 Å². The molecule has 3 N–H and O–H groups in total. The van der Waals surface area contributed by atoms with Gasteiger partial charge in [-0.15, -0.1) is 0 Å². The summed E-state index contributed by atoms with van der Waals surface area (Å²) >= 11 is 0. The molecule has 0 fully saturated rings. The Morgan fingerprint density at radius 3 is 2.65 bits per heavy atom. The van der Waals surface area contributed by atoms with Crippen molar-refractivity contribution >= 4 is 11.6 Å². The number of hydrogen-bond acceptors (Lipinski definition) is 4. The first-order chi connectivity index (χ1) is 8.11. The Morgan fingerprint density at radius 2 is 2.00 bits per heavy atom. The Hall–Kier alpha value is -1.29. The van der Waals surface area contributed by atoms with Gasteiger partial charge in [0.15, 0.2) is 0 Å². The fourth-order valence-electron chi connectivity index (χ4n) is 1.69. The number of pyridine rings is 1. The van der Waals surface area contributed by atoms with E-state index in [2.05, 4.69) is 22.5 Å². The van der Waals surface area contributed by atoms with Crippen LogP contribution in [0.1, 0.15) is 33.6 Å². The van der Waals surface area contributed by atoms with Crippen molar-refractivity contribution in [3.8, 4) is 0 Å². The van der Waals surface area contributed by atoms with Gasteiger partial charge in [-0.25, -0.2) is 4.98 Å². The Kier molecular flexibility index (Phi) is 5.77. The Balaban J connectivity index is 2.52. The lowest BCUT2D eigenvalue weighted by Gasteiger charge is -2.16. The van der Waals surface area contributed by atoms with Gasteiger partial charge in [-0.3, -0.25) is 0 Å². The van der Waals surface area contributed by atoms with Gasteiger partial charge in [-0.1, -0.05) is 13.0 Å². The second kappa shape index (κ2) is 7.12. The van der Waals surface area contributed by atoms with Crippen molar-refractivity contribution in [3.63, 3.8) is 0 Å². The quantitative estimate of drug-likeness (QED) is 0.682. The number of rotatable bonds is 7. The van der Waals surface area contributed by atoms with Crippen molar-refractivity contribution in [2.24, 2.45) is 0 Å². The highest BCUT2D eigenvalue weighted by molar-refractivity contribution is 5.45. The van der Waals surface area contributed by atoms with Crippen LogP contribution in [-0.4, -0.2) is 28.8 Å². The van der Waals surface area contributed by atoms with Crippen LogP contribution in [0.5, 0.6) is 0 Å². The fourth-order valence-corrected chi connectivity index (χ4v) is 1.69. The monoisotopic (exact) mass is 237 g/mol. The summed E-state index contributed by atoms with van der Waals surface area (Å²) in [5.41, 5.74) is 0. The predicted molar refractivity (Wildman–Crippen MR) is 72.4 cm³/mol. The molecule has 0 aliphatic heterocycles. The number of aliphatic hydroxyl groups excluding tert-OH is 1. The number of nitrogens with zero attached hydrogens (tertiary/aromatic N) is 1. The van der Waals surface area contributed by atoms with Crippen LogP contribution in [0.15, 0.2) is 18.2 Å². The number of hydrogen-bond donors (Lipinski definition) is 3. The first kappa shape index (κ1) is 13.8. The molecule has 2 unspecified atom stereocenters. The average molecular weight is 237 g/mol. The minimum atomic E-state index is -0.293. The van der Waals surface area contributed by atoms with Gasteiger partial charge >= 0.3 is 0 Å². The number of anilines is 2. The van der Waals surface area contributed by atoms with Crippen LogP contribution in [0.2, 0.25) is 0 Å². The summed E-state index contributed by atoms with van der Waals surface area (Å²) < 4.78 is 0. The molecule has 1 aromatic heterocycles. The van der Waals surface area contributed by atoms with E-state index in [1.807, 2.05) is 25.1 Å². The Bertz CT molecular complexity index is 328. The molecule has 0 saturated heterocycles. The van der Waals surface area contributed by atoms with Crippen molar-refractivity contribution in [2.45, 2.75) is 45.8 Å². The fraction of sp³-hybridized carbons (Fsp3) is 0.615. The van der Waals surface area contributed by atoms with E-state index in [0.29, 0.717) is 6.42 Å². The highest BCUT2D eigenvalue weighted by atomic mass is 16.3. The molecular formula is C13H23N3O. The van der Waals surface area contributed by atoms with Crippen LogP contribution < -0.4 is 10.6 Å². The second-order valence-electron chi connectivity index (χ2n) is 4.46. The molecule has 0 spiro atoms. The first-order valence-corrected chi connectivity index (χ1v) is 6.27. The molecule has 4 nitrogen and oxygen atoms in total. The molecule has 4 heteroatoms. The largest absolute Gasteiger partial charge is 0.393 e. The van der Waals surface area contributed by atoms with Gasteiger partial charge in [0.1, 0.15) is 11.6 Å². The van der Waals surface area contributed by atoms with Gasteiger partial charge in [-0.05, 0) is 38.8 Å². The smallest absolute Gasteiger partial charge is 0.128 e. The lowest BCUT2D eigenvalue weighted by molar-refractivity contribution is 0.179. The van der Waals surface area contributed by atoms with E-state index in [1.165, 1.54) is 0 Å². The second-order valence-corrected chi connectivity index (χ2v) is 4.46. The highest BCUT2D eigenvalue weighted by Gasteiger charge is 2.06. The van der Waals surface area contributed by atoms with Crippen LogP contribution in [0, 0.1) is 0 Å². The molecule has 0 aliphatic carbocycles. The zero-order valence-electron chi connectivity index (χ0n) is 10.9. The Morgan fingerprint density at radius 1 is 1.29 bits per heavy atom. The zero-order chi connectivity index (χ0) is 12.7. The molecule has 0 saturated carbocycles. The predicted octanol–water partition coefficient (Wildman–Crippen LogP) is 2.47. The van der Waals surface area contributed by atoms with Gasteiger partial charge in [0.25, 0.3) is 0 Å². The SMILES string of the molecule is CCCNc1cccc(NC(C)CC(C)O)n1. The summed E-state index contributed by atoms with van der Waals surface area (Å²) in [6.07, 6.45) is 1.50. The van der Waals surface area contributed by atoms with Crippen LogP contribution in [0.25, 0.3) is 0 Å². The third kappa shape index (κ3) is 5.54. The molecule has 1 heterocycles. The van der Waals surface area contributed by atoms with Crippen LogP contribution in [0.4, 0.5) is 11.6 Å². The van der Waals surface area contributed by atoms with E-state index < -0.39 is 0 Å². The van der Waals surface area contributed by atoms with Gasteiger partial charge in [0.2, 0.25) is 0 Å². The summed E-state index contributed by atoms with van der Waals surface area (Å²) in [7, 11) is 0. The normalized spacial score (nSPS) is 14.1. The van der Waals surface area contributed by atoms with E-state index in [0.717, 1.165) is 24.6 Å². The number of aromatic nitrogens is 1. The maximum atomic E-state index is 9.30. The highest BCUT2D eigenvalue weighted by Crippen LogP contribution is 2.11. The van der Waals surface area contributed by atoms with E-state index in [9.17, 15) is 5.11 Å². The van der Waals surface area contributed by atoms with E-state index >= 15 is 0 Å². The van der Waals surface area contributed by atoms with Gasteiger partial charge in [-0.2, -0.15) is 0 Å². The summed E-state index contributed by atoms with van der Waals surface area (Å²) in [4.78, 5) is 4.45. The molecule has 2 atom stereocenters. The topological polar surface area (TPSA) is 57.2 Å². The standard InChI is InChI=1S/C13H23N3O/c1-4-8-14-12-6-5-7-13(16-12)15-10(2)9-11(3)17/h5-7,10-11,17H,4,8-9H2,1-3H3,(H2,14,15,16). The van der Waals surface area contributed by atoms with Crippen molar-refractivity contribution in [1.29, 1.82) is 0 Å². The molecule has 96 valence electrons. The lowest BCUT2D eigenvalue weighted by Crippen LogP contribution is -2.21. The van der Waals surface area contributed by atoms with Crippen molar-refractivity contribution in [1.82, 2.24) is 4.98 Å². The molecule has 0 aliphatic rings. The van der Waals surface area contributed by atoms with Gasteiger partial charge < -0.3 is 15.7 Å². The van der Waals surface area contributed by atoms with E-state index in [1.54, 1.807) is 6.92 Å². The molecule has 1 aromatic rings. The molecule has 0 aromatic carbocycles. The van der Waals surface area contributed by atoms with Gasteiger partial charge in [0, 0.05) is 12.6 Å². The maximum Gasteiger partial charge on any atom is 0.128 e. The number of nitrogens with one attached hydrogen (secondary N) is 2. The first-order valence-electron chi connectivity index (χ1n) is 6.27. The summed E-state index contributed by atoms with van der Waals surface area (Å²) in [6.45, 7) is 6.89. The maximum absolute atomic E-state index is 9.30. The zero-order valence-corrected chi connectivity index (χ0v) is 10.9. The minimum Gasteiger partial charge on any atom is -0.393 e. The molecule has 0 radical (unpaired) electrons.